The highest BCUT2D eigenvalue weighted by atomic mass is 32.1. The predicted molar refractivity (Wildman–Crippen MR) is 126 cm³/mol. The number of fused-ring (bicyclic) bond motifs is 1. The van der Waals surface area contributed by atoms with E-state index in [1.807, 2.05) is 43.3 Å². The van der Waals surface area contributed by atoms with Crippen molar-refractivity contribution in [1.29, 1.82) is 0 Å². The third-order valence-corrected chi connectivity index (χ3v) is 6.50. The summed E-state index contributed by atoms with van der Waals surface area (Å²) in [6.07, 6.45) is 2.01. The van der Waals surface area contributed by atoms with Crippen LogP contribution in [0.25, 0.3) is 20.9 Å². The Morgan fingerprint density at radius 1 is 1.09 bits per heavy atom. The van der Waals surface area contributed by atoms with Crippen LogP contribution in [0.1, 0.15) is 29.2 Å². The number of aromatic nitrogens is 2. The molecule has 2 aromatic carbocycles. The van der Waals surface area contributed by atoms with Gasteiger partial charge in [-0.15, -0.1) is 11.3 Å². The Morgan fingerprint density at radius 2 is 1.91 bits per heavy atom. The number of aryl methyl sites for hydroxylation is 3. The first-order chi connectivity index (χ1) is 16.0. The van der Waals surface area contributed by atoms with Gasteiger partial charge < -0.3 is 18.7 Å². The molecule has 5 aromatic rings. The lowest BCUT2D eigenvalue weighted by Gasteiger charge is -2.06. The maximum Gasteiger partial charge on any atom is 0.419 e. The van der Waals surface area contributed by atoms with Crippen molar-refractivity contribution >= 4 is 21.4 Å². The van der Waals surface area contributed by atoms with Crippen LogP contribution in [0.2, 0.25) is 0 Å². The maximum atomic E-state index is 11.1. The van der Waals surface area contributed by atoms with Crippen LogP contribution in [0.15, 0.2) is 68.2 Å². The normalized spacial score (nSPS) is 11.3. The number of ether oxygens (including phenoxy) is 1. The van der Waals surface area contributed by atoms with Gasteiger partial charge in [-0.3, -0.25) is 4.98 Å². The first kappa shape index (κ1) is 21.1. The Morgan fingerprint density at radius 3 is 2.67 bits per heavy atom. The van der Waals surface area contributed by atoms with Gasteiger partial charge >= 0.3 is 5.76 Å². The van der Waals surface area contributed by atoms with E-state index in [1.165, 1.54) is 10.1 Å². The van der Waals surface area contributed by atoms with Crippen LogP contribution < -0.4 is 10.5 Å². The van der Waals surface area contributed by atoms with Gasteiger partial charge in [-0.05, 0) is 55.0 Å². The van der Waals surface area contributed by atoms with Crippen LogP contribution in [-0.4, -0.2) is 15.1 Å². The monoisotopic (exact) mass is 462 g/mol. The molecular formula is C25H22N2O5S. The first-order valence-electron chi connectivity index (χ1n) is 10.6. The SMILES string of the molecule is Cc1oc(-c2cc3ccccc3s2)nc1COc1ccc(CCCc2oc(=O)[nH]c2O)cc1. The molecule has 0 saturated heterocycles. The molecule has 0 amide bonds. The average Bonchev–Trinajstić information content (AvgIpc) is 3.49. The van der Waals surface area contributed by atoms with Crippen molar-refractivity contribution in [2.24, 2.45) is 0 Å². The average molecular weight is 463 g/mol. The molecule has 0 bridgehead atoms. The molecule has 0 saturated carbocycles. The molecule has 3 heterocycles. The van der Waals surface area contributed by atoms with Gasteiger partial charge in [-0.25, -0.2) is 9.78 Å². The second kappa shape index (κ2) is 8.99. The summed E-state index contributed by atoms with van der Waals surface area (Å²) in [6.45, 7) is 2.22. The van der Waals surface area contributed by atoms with Gasteiger partial charge in [0.05, 0.1) is 4.88 Å². The molecule has 0 unspecified atom stereocenters. The number of benzene rings is 2. The molecule has 8 heteroatoms. The summed E-state index contributed by atoms with van der Waals surface area (Å²) in [5.74, 6) is 1.58. The largest absolute Gasteiger partial charge is 0.492 e. The Kier molecular flexibility index (Phi) is 5.75. The van der Waals surface area contributed by atoms with Gasteiger partial charge in [0.2, 0.25) is 11.8 Å². The van der Waals surface area contributed by atoms with E-state index < -0.39 is 5.76 Å². The summed E-state index contributed by atoms with van der Waals surface area (Å²) in [6, 6.07) is 18.2. The van der Waals surface area contributed by atoms with E-state index >= 15 is 0 Å². The van der Waals surface area contributed by atoms with Gasteiger partial charge in [-0.2, -0.15) is 0 Å². The number of aromatic amines is 1. The number of thiophene rings is 1. The minimum atomic E-state index is -0.637. The summed E-state index contributed by atoms with van der Waals surface area (Å²) < 4.78 is 17.9. The van der Waals surface area contributed by atoms with Crippen LogP contribution in [0.3, 0.4) is 0 Å². The molecule has 0 radical (unpaired) electrons. The second-order valence-electron chi connectivity index (χ2n) is 7.74. The molecule has 2 N–H and O–H groups in total. The van der Waals surface area contributed by atoms with Crippen molar-refractivity contribution in [3.8, 4) is 22.4 Å². The van der Waals surface area contributed by atoms with Crippen LogP contribution in [0.5, 0.6) is 11.6 Å². The van der Waals surface area contributed by atoms with Gasteiger partial charge in [0, 0.05) is 11.1 Å². The predicted octanol–water partition coefficient (Wildman–Crippen LogP) is 5.61. The molecule has 3 aromatic heterocycles. The van der Waals surface area contributed by atoms with Gasteiger partial charge in [-0.1, -0.05) is 30.3 Å². The number of hydrogen-bond donors (Lipinski definition) is 2. The van der Waals surface area contributed by atoms with E-state index in [1.54, 1.807) is 11.3 Å². The number of aromatic hydroxyl groups is 1. The van der Waals surface area contributed by atoms with Crippen LogP contribution in [0.4, 0.5) is 0 Å². The molecule has 0 aliphatic rings. The topological polar surface area (TPSA) is 101 Å². The Bertz CT molecular complexity index is 1410. The summed E-state index contributed by atoms with van der Waals surface area (Å²) in [5.41, 5.74) is 1.91. The fourth-order valence-electron chi connectivity index (χ4n) is 3.63. The quantitative estimate of drug-likeness (QED) is 0.311. The van der Waals surface area contributed by atoms with Gasteiger partial charge in [0.1, 0.15) is 23.8 Å². The van der Waals surface area contributed by atoms with Crippen molar-refractivity contribution in [1.82, 2.24) is 9.97 Å². The highest BCUT2D eigenvalue weighted by Crippen LogP contribution is 2.34. The fraction of sp³-hybridized carbons (Fsp3) is 0.200. The van der Waals surface area contributed by atoms with Crippen molar-refractivity contribution in [2.75, 3.05) is 0 Å². The number of nitrogens with zero attached hydrogens (tertiary/aromatic N) is 1. The lowest BCUT2D eigenvalue weighted by Crippen LogP contribution is -1.98. The highest BCUT2D eigenvalue weighted by molar-refractivity contribution is 7.22. The Labute approximate surface area is 193 Å². The van der Waals surface area contributed by atoms with E-state index in [2.05, 4.69) is 28.2 Å². The molecule has 0 spiro atoms. The third-order valence-electron chi connectivity index (χ3n) is 5.40. The van der Waals surface area contributed by atoms with Gasteiger partial charge in [0.25, 0.3) is 0 Å². The van der Waals surface area contributed by atoms with Gasteiger partial charge in [0.15, 0.2) is 5.76 Å². The van der Waals surface area contributed by atoms with E-state index in [0.717, 1.165) is 40.5 Å². The molecule has 0 aliphatic carbocycles. The number of hydrogen-bond acceptors (Lipinski definition) is 7. The fourth-order valence-corrected chi connectivity index (χ4v) is 4.62. The summed E-state index contributed by atoms with van der Waals surface area (Å²) in [4.78, 5) is 18.9. The number of H-pyrrole nitrogens is 1. The standard InChI is InChI=1S/C25H22N2O5S/c1-15-19(26-24(31-15)22-13-17-6-2-3-8-21(17)33-22)14-30-18-11-9-16(10-12-18)5-4-7-20-23(28)27-25(29)32-20/h2-3,6,8-13,28H,4-5,7,14H2,1H3,(H,27,29). The second-order valence-corrected chi connectivity index (χ2v) is 8.83. The van der Waals surface area contributed by atoms with Crippen molar-refractivity contribution in [3.63, 3.8) is 0 Å². The number of rotatable bonds is 8. The molecule has 0 fully saturated rings. The lowest BCUT2D eigenvalue weighted by molar-refractivity contribution is 0.299. The van der Waals surface area contributed by atoms with E-state index in [0.29, 0.717) is 18.9 Å². The minimum Gasteiger partial charge on any atom is -0.492 e. The molecule has 5 rings (SSSR count). The van der Waals surface area contributed by atoms with E-state index in [4.69, 9.17) is 13.6 Å². The van der Waals surface area contributed by atoms with Crippen molar-refractivity contribution in [2.45, 2.75) is 32.8 Å². The molecule has 7 nitrogen and oxygen atoms in total. The lowest BCUT2D eigenvalue weighted by atomic mass is 10.1. The summed E-state index contributed by atoms with van der Waals surface area (Å²) in [7, 11) is 0. The highest BCUT2D eigenvalue weighted by Gasteiger charge is 2.14. The van der Waals surface area contributed by atoms with Crippen molar-refractivity contribution < 1.29 is 18.7 Å². The zero-order valence-corrected chi connectivity index (χ0v) is 18.8. The maximum absolute atomic E-state index is 11.1. The smallest absolute Gasteiger partial charge is 0.419 e. The summed E-state index contributed by atoms with van der Waals surface area (Å²) in [5, 5.41) is 10.7. The Balaban J connectivity index is 1.17. The van der Waals surface area contributed by atoms with Crippen LogP contribution in [0, 0.1) is 6.92 Å². The molecule has 0 aliphatic heterocycles. The molecule has 33 heavy (non-hydrogen) atoms. The van der Waals surface area contributed by atoms with E-state index in [9.17, 15) is 9.90 Å². The van der Waals surface area contributed by atoms with Crippen LogP contribution >= 0.6 is 11.3 Å². The summed E-state index contributed by atoms with van der Waals surface area (Å²) >= 11 is 1.66. The first-order valence-corrected chi connectivity index (χ1v) is 11.4. The molecule has 0 atom stereocenters. The molecular weight excluding hydrogens is 440 g/mol. The van der Waals surface area contributed by atoms with Crippen LogP contribution in [-0.2, 0) is 19.4 Å². The van der Waals surface area contributed by atoms with E-state index in [-0.39, 0.29) is 11.6 Å². The zero-order valence-electron chi connectivity index (χ0n) is 18.0. The molecule has 168 valence electrons. The van der Waals surface area contributed by atoms with Crippen molar-refractivity contribution in [3.05, 3.63) is 87.9 Å². The number of oxazole rings is 2. The third kappa shape index (κ3) is 4.70. The zero-order chi connectivity index (χ0) is 22.8. The Hall–Kier alpha value is -3.78. The number of nitrogens with one attached hydrogen (secondary N) is 1. The minimum absolute atomic E-state index is 0.192.